The van der Waals surface area contributed by atoms with E-state index in [9.17, 15) is 19.2 Å². The van der Waals surface area contributed by atoms with Crippen molar-refractivity contribution in [1.82, 2.24) is 35.5 Å². The summed E-state index contributed by atoms with van der Waals surface area (Å²) in [6.45, 7) is 5.71. The van der Waals surface area contributed by atoms with Crippen LogP contribution in [0.5, 0.6) is 5.88 Å². The third-order valence-electron chi connectivity index (χ3n) is 11.3. The first-order valence-electron chi connectivity index (χ1n) is 19.1. The summed E-state index contributed by atoms with van der Waals surface area (Å²) < 4.78 is 6.17. The summed E-state index contributed by atoms with van der Waals surface area (Å²) >= 11 is 7.43. The molecule has 3 aromatic rings. The predicted molar refractivity (Wildman–Crippen MR) is 208 cm³/mol. The second kappa shape index (κ2) is 16.2. The number of hydrogen-bond acceptors (Lipinski definition) is 12. The number of rotatable bonds is 11. The molecule has 3 amide bonds. The highest BCUT2D eigenvalue weighted by Crippen LogP contribution is 2.42. The van der Waals surface area contributed by atoms with Gasteiger partial charge in [-0.1, -0.05) is 51.6 Å². The van der Waals surface area contributed by atoms with Gasteiger partial charge in [0.2, 0.25) is 29.4 Å². The summed E-state index contributed by atoms with van der Waals surface area (Å²) in [5, 5.41) is 12.3. The molecule has 14 nitrogen and oxygen atoms in total. The Hall–Kier alpha value is -4.63. The van der Waals surface area contributed by atoms with Crippen molar-refractivity contribution in [3.63, 3.8) is 0 Å². The number of Topliss-reactive ketones (excluding diaryl/α,β-unsaturated/α-hetero) is 1. The van der Waals surface area contributed by atoms with Gasteiger partial charge in [0.05, 0.1) is 29.5 Å². The molecule has 0 spiro atoms. The summed E-state index contributed by atoms with van der Waals surface area (Å²) in [5.74, 6) is -1.01. The number of likely N-dealkylation sites (tertiary alicyclic amines) is 1. The number of carbonyl (C=O) groups excluding carboxylic acids is 4. The van der Waals surface area contributed by atoms with E-state index in [2.05, 4.69) is 30.9 Å². The zero-order valence-corrected chi connectivity index (χ0v) is 32.9. The van der Waals surface area contributed by atoms with Gasteiger partial charge in [-0.2, -0.15) is 0 Å². The lowest BCUT2D eigenvalue weighted by Crippen LogP contribution is -2.61. The molecule has 55 heavy (non-hydrogen) atoms. The van der Waals surface area contributed by atoms with Crippen LogP contribution in [0.15, 0.2) is 53.6 Å². The number of nitrogens with zero attached hydrogens (tertiary/aromatic N) is 5. The molecule has 4 aliphatic rings. The maximum Gasteiger partial charge on any atom is 0.246 e. The van der Waals surface area contributed by atoms with Crippen LogP contribution in [0.4, 0.5) is 5.13 Å². The normalized spacial score (nSPS) is 24.0. The van der Waals surface area contributed by atoms with Crippen molar-refractivity contribution < 1.29 is 23.9 Å². The van der Waals surface area contributed by atoms with E-state index < -0.39 is 47.5 Å². The molecule has 0 aromatic carbocycles. The minimum atomic E-state index is -1.01. The van der Waals surface area contributed by atoms with Crippen molar-refractivity contribution in [2.45, 2.75) is 109 Å². The Morgan fingerprint density at radius 2 is 1.84 bits per heavy atom. The van der Waals surface area contributed by atoms with Gasteiger partial charge in [-0.05, 0) is 61.0 Å². The van der Waals surface area contributed by atoms with Gasteiger partial charge in [-0.25, -0.2) is 9.97 Å². The molecule has 5 N–H and O–H groups in total. The van der Waals surface area contributed by atoms with E-state index in [0.717, 1.165) is 50.5 Å². The van der Waals surface area contributed by atoms with Gasteiger partial charge in [0.1, 0.15) is 35.6 Å². The summed E-state index contributed by atoms with van der Waals surface area (Å²) in [6.07, 6.45) is 12.9. The number of pyridine rings is 1. The number of allylic oxidation sites excluding steroid dienone is 1. The average molecular weight is 790 g/mol. The number of carbonyl (C=O) groups is 4. The molecule has 0 bridgehead atoms. The lowest BCUT2D eigenvalue weighted by atomic mass is 9.69. The van der Waals surface area contributed by atoms with Crippen molar-refractivity contribution in [2.75, 3.05) is 11.9 Å². The molecule has 4 heterocycles. The van der Waals surface area contributed by atoms with E-state index in [1.807, 2.05) is 26.2 Å². The van der Waals surface area contributed by atoms with Gasteiger partial charge >= 0.3 is 0 Å². The molecule has 16 heteroatoms. The Labute approximate surface area is 329 Å². The highest BCUT2D eigenvalue weighted by molar-refractivity contribution is 7.14. The highest BCUT2D eigenvalue weighted by Gasteiger charge is 2.48. The zero-order valence-electron chi connectivity index (χ0n) is 31.3. The standard InChI is InChI=1S/C39H48ClN9O5S/c1-39(2,3)34(48-36(52)32(21-7-5-4-6-8-21)47-38-46-28(20-55-38)27-18-42-13-14-43-27)37(53)49-19-24(54-30-12-10-23(40)17-44-30)16-29(49)35(51)45-26-15-22-9-11-25(22)31(41)33(26)50/h10,12-14,17-18,20-22,24,26,29,32,34H,4-9,11,15-16,19,41H2,1-3H3,(H,45,51)(H,46,47)(H,48,52)/t22?,24-,26?,29?,32-,34?/m0/s1. The fraction of sp³-hybridized carbons (Fsp3) is 0.538. The van der Waals surface area contributed by atoms with Gasteiger partial charge in [-0.3, -0.25) is 29.1 Å². The number of nitrogens with two attached hydrogens (primary N) is 1. The van der Waals surface area contributed by atoms with E-state index in [1.165, 1.54) is 22.4 Å². The van der Waals surface area contributed by atoms with Gasteiger partial charge in [0, 0.05) is 36.5 Å². The van der Waals surface area contributed by atoms with Gasteiger partial charge in [0.15, 0.2) is 5.13 Å². The monoisotopic (exact) mass is 789 g/mol. The smallest absolute Gasteiger partial charge is 0.246 e. The predicted octanol–water partition coefficient (Wildman–Crippen LogP) is 4.67. The van der Waals surface area contributed by atoms with E-state index >= 15 is 0 Å². The van der Waals surface area contributed by atoms with Crippen LogP contribution in [0.2, 0.25) is 5.02 Å². The molecule has 4 unspecified atom stereocenters. The first-order chi connectivity index (χ1) is 26.4. The van der Waals surface area contributed by atoms with Crippen molar-refractivity contribution in [2.24, 2.45) is 23.0 Å². The van der Waals surface area contributed by atoms with E-state index in [-0.39, 0.29) is 42.2 Å². The molecule has 2 saturated carbocycles. The summed E-state index contributed by atoms with van der Waals surface area (Å²) in [7, 11) is 0. The molecule has 7 rings (SSSR count). The SMILES string of the molecule is CC(C)(C)C(NC(=O)[C@@H](Nc1nc(-c2cnccn2)cs1)C1CCCCC1)C(=O)N1C[C@@H](Oc2ccc(Cl)cn2)CC1C(=O)NC1CC2CCC2=C(N)C1=O. The van der Waals surface area contributed by atoms with Crippen LogP contribution in [0.3, 0.4) is 0 Å². The van der Waals surface area contributed by atoms with E-state index in [1.54, 1.807) is 30.7 Å². The summed E-state index contributed by atoms with van der Waals surface area (Å²) in [4.78, 5) is 75.6. The first-order valence-corrected chi connectivity index (χ1v) is 20.3. The van der Waals surface area contributed by atoms with Crippen LogP contribution < -0.4 is 26.4 Å². The van der Waals surface area contributed by atoms with Gasteiger partial charge in [-0.15, -0.1) is 11.3 Å². The second-order valence-corrected chi connectivity index (χ2v) is 17.4. The third kappa shape index (κ3) is 8.62. The Kier molecular flexibility index (Phi) is 11.4. The molecule has 292 valence electrons. The Morgan fingerprint density at radius 1 is 1.04 bits per heavy atom. The minimum Gasteiger partial charge on any atom is -0.472 e. The van der Waals surface area contributed by atoms with Crippen molar-refractivity contribution in [3.05, 3.63) is 58.6 Å². The van der Waals surface area contributed by atoms with Crippen LogP contribution in [0.1, 0.15) is 78.6 Å². The van der Waals surface area contributed by atoms with E-state index in [0.29, 0.717) is 33.8 Å². The first kappa shape index (κ1) is 38.6. The topological polar surface area (TPSA) is 194 Å². The summed E-state index contributed by atoms with van der Waals surface area (Å²) in [6, 6.07) is -0.141. The number of amides is 3. The van der Waals surface area contributed by atoms with Crippen molar-refractivity contribution in [1.29, 1.82) is 0 Å². The molecule has 0 radical (unpaired) electrons. The number of ketones is 1. The molecule has 1 aliphatic heterocycles. The van der Waals surface area contributed by atoms with Crippen LogP contribution in [0, 0.1) is 17.3 Å². The van der Waals surface area contributed by atoms with Crippen LogP contribution in [-0.2, 0) is 19.2 Å². The number of thiazole rings is 1. The number of nitrogens with one attached hydrogen (secondary N) is 3. The maximum absolute atomic E-state index is 14.8. The van der Waals surface area contributed by atoms with Gasteiger partial charge in [0.25, 0.3) is 0 Å². The molecular formula is C39H48ClN9O5S. The third-order valence-corrected chi connectivity index (χ3v) is 12.3. The van der Waals surface area contributed by atoms with Crippen LogP contribution in [-0.4, -0.2) is 85.2 Å². The van der Waals surface area contributed by atoms with E-state index in [4.69, 9.17) is 27.1 Å². The average Bonchev–Trinajstić information content (AvgIpc) is 3.81. The molecule has 1 saturated heterocycles. The van der Waals surface area contributed by atoms with Crippen molar-refractivity contribution in [3.8, 4) is 17.3 Å². The number of halogens is 1. The fourth-order valence-electron chi connectivity index (χ4n) is 8.15. The Bertz CT molecular complexity index is 1930. The fourth-order valence-corrected chi connectivity index (χ4v) is 9.00. The molecule has 3 fully saturated rings. The largest absolute Gasteiger partial charge is 0.472 e. The van der Waals surface area contributed by atoms with Crippen LogP contribution in [0.25, 0.3) is 11.4 Å². The Morgan fingerprint density at radius 3 is 2.51 bits per heavy atom. The van der Waals surface area contributed by atoms with Crippen LogP contribution >= 0.6 is 22.9 Å². The zero-order chi connectivity index (χ0) is 38.9. The number of anilines is 1. The highest BCUT2D eigenvalue weighted by atomic mass is 35.5. The lowest BCUT2D eigenvalue weighted by molar-refractivity contribution is -0.144. The van der Waals surface area contributed by atoms with Crippen molar-refractivity contribution >= 4 is 51.6 Å². The lowest BCUT2D eigenvalue weighted by Gasteiger charge is -2.39. The molecule has 3 aliphatic carbocycles. The maximum atomic E-state index is 14.8. The molecular weight excluding hydrogens is 742 g/mol. The Balaban J connectivity index is 1.12. The molecule has 3 aromatic heterocycles. The summed E-state index contributed by atoms with van der Waals surface area (Å²) in [5.41, 5.74) is 7.93. The quantitative estimate of drug-likeness (QED) is 0.211. The molecule has 6 atom stereocenters. The van der Waals surface area contributed by atoms with Gasteiger partial charge < -0.3 is 31.3 Å². The minimum absolute atomic E-state index is 0.0222. The second-order valence-electron chi connectivity index (χ2n) is 16.1. The number of aromatic nitrogens is 4. The number of hydrogen-bond donors (Lipinski definition) is 4. The number of ether oxygens (including phenoxy) is 1. The number of fused-ring (bicyclic) bond motifs is 1.